The second kappa shape index (κ2) is 5.88. The van der Waals surface area contributed by atoms with Crippen LogP contribution in [-0.4, -0.2) is 19.8 Å². The minimum atomic E-state index is -0.825. The van der Waals surface area contributed by atoms with Gasteiger partial charge in [-0.1, -0.05) is 55.0 Å². The lowest BCUT2D eigenvalue weighted by atomic mass is 9.80. The average Bonchev–Trinajstić information content (AvgIpc) is 2.57. The van der Waals surface area contributed by atoms with E-state index in [1.54, 1.807) is 0 Å². The third kappa shape index (κ3) is 2.77. The summed E-state index contributed by atoms with van der Waals surface area (Å²) in [5, 5.41) is 11.6. The van der Waals surface area contributed by atoms with Crippen LogP contribution in [0.1, 0.15) is 37.7 Å². The Hall–Kier alpha value is -1.45. The molecular weight excluding hydrogens is 304 g/mol. The van der Waals surface area contributed by atoms with E-state index in [0.717, 1.165) is 36.0 Å². The molecule has 2 fully saturated rings. The fraction of sp³-hybridized carbons (Fsp3) is 0.400. The lowest BCUT2D eigenvalue weighted by Crippen LogP contribution is -2.47. The van der Waals surface area contributed by atoms with Crippen LogP contribution in [0.25, 0.3) is 11.1 Å². The van der Waals surface area contributed by atoms with Gasteiger partial charge in [-0.25, -0.2) is 0 Å². The maximum absolute atomic E-state index is 12.4. The summed E-state index contributed by atoms with van der Waals surface area (Å²) in [6.45, 7) is 0. The molecule has 1 N–H and O–H groups in total. The van der Waals surface area contributed by atoms with E-state index in [0.29, 0.717) is 12.8 Å². The summed E-state index contributed by atoms with van der Waals surface area (Å²) in [4.78, 5) is 0. The first-order chi connectivity index (χ1) is 11.2. The van der Waals surface area contributed by atoms with Gasteiger partial charge in [0.05, 0.1) is 5.60 Å². The Labute approximate surface area is 140 Å². The molecule has 120 valence electrons. The molecule has 2 aromatic rings. The summed E-state index contributed by atoms with van der Waals surface area (Å²) in [5.41, 5.74) is 2.45. The number of benzene rings is 2. The highest BCUT2D eigenvalue weighted by atomic mass is 32.2. The van der Waals surface area contributed by atoms with Crippen LogP contribution in [0.3, 0.4) is 0 Å². The van der Waals surface area contributed by atoms with Crippen LogP contribution in [-0.2, 0) is 16.4 Å². The molecule has 2 unspecified atom stereocenters. The van der Waals surface area contributed by atoms with Gasteiger partial charge in [0.15, 0.2) is 0 Å². The third-order valence-corrected chi connectivity index (χ3v) is 7.47. The largest absolute Gasteiger partial charge is 0.385 e. The first-order valence-corrected chi connectivity index (χ1v) is 9.71. The maximum atomic E-state index is 12.4. The summed E-state index contributed by atoms with van der Waals surface area (Å²) in [5.74, 6) is 0. The molecule has 2 bridgehead atoms. The topological polar surface area (TPSA) is 37.3 Å². The number of hydrogen-bond donors (Lipinski definition) is 1. The smallest absolute Gasteiger partial charge is 0.0919 e. The zero-order valence-electron chi connectivity index (χ0n) is 13.2. The average molecular weight is 326 g/mol. The van der Waals surface area contributed by atoms with Gasteiger partial charge in [0.25, 0.3) is 0 Å². The van der Waals surface area contributed by atoms with Crippen molar-refractivity contribution < 1.29 is 9.32 Å². The zero-order chi connectivity index (χ0) is 15.9. The van der Waals surface area contributed by atoms with Crippen molar-refractivity contribution in [1.29, 1.82) is 0 Å². The Morgan fingerprint density at radius 2 is 1.57 bits per heavy atom. The van der Waals surface area contributed by atoms with Gasteiger partial charge in [-0.2, -0.15) is 0 Å². The van der Waals surface area contributed by atoms with Gasteiger partial charge in [-0.15, -0.1) is 0 Å². The van der Waals surface area contributed by atoms with Crippen LogP contribution in [0.4, 0.5) is 0 Å². The van der Waals surface area contributed by atoms with E-state index >= 15 is 0 Å². The van der Waals surface area contributed by atoms with Crippen molar-refractivity contribution in [2.75, 3.05) is 0 Å². The second-order valence-electron chi connectivity index (χ2n) is 6.89. The lowest BCUT2D eigenvalue weighted by Gasteiger charge is -2.43. The Kier molecular flexibility index (Phi) is 3.86. The lowest BCUT2D eigenvalue weighted by molar-refractivity contribution is 0.00658. The number of hydrogen-bond acceptors (Lipinski definition) is 2. The Balaban J connectivity index is 1.69. The fourth-order valence-corrected chi connectivity index (χ4v) is 6.36. The van der Waals surface area contributed by atoms with Crippen LogP contribution < -0.4 is 0 Å². The van der Waals surface area contributed by atoms with Crippen LogP contribution in [0.15, 0.2) is 54.6 Å². The van der Waals surface area contributed by atoms with Crippen LogP contribution in [0.2, 0.25) is 0 Å². The summed E-state index contributed by atoms with van der Waals surface area (Å²) >= 11 is 0. The van der Waals surface area contributed by atoms with E-state index in [1.165, 1.54) is 0 Å². The molecule has 4 rings (SSSR count). The van der Waals surface area contributed by atoms with Crippen molar-refractivity contribution in [3.63, 3.8) is 0 Å². The summed E-state index contributed by atoms with van der Waals surface area (Å²) in [6, 6.07) is 18.5. The molecule has 0 aliphatic carbocycles. The van der Waals surface area contributed by atoms with E-state index < -0.39 is 16.4 Å². The highest BCUT2D eigenvalue weighted by Gasteiger charge is 2.46. The first-order valence-electron chi connectivity index (χ1n) is 8.43. The van der Waals surface area contributed by atoms with E-state index in [4.69, 9.17) is 0 Å². The molecule has 0 aromatic heterocycles. The SMILES string of the molecule is O=S1C2CCCC1CC(O)(c1cccc(-c3ccccc3)c1)C2. The van der Waals surface area contributed by atoms with Crippen LogP contribution in [0.5, 0.6) is 0 Å². The number of fused-ring (bicyclic) bond motifs is 2. The molecule has 0 amide bonds. The van der Waals surface area contributed by atoms with Crippen molar-refractivity contribution in [1.82, 2.24) is 0 Å². The van der Waals surface area contributed by atoms with E-state index in [2.05, 4.69) is 24.3 Å². The van der Waals surface area contributed by atoms with Gasteiger partial charge in [0, 0.05) is 21.3 Å². The van der Waals surface area contributed by atoms with E-state index in [1.807, 2.05) is 30.3 Å². The monoisotopic (exact) mass is 326 g/mol. The third-order valence-electron chi connectivity index (χ3n) is 5.35. The zero-order valence-corrected chi connectivity index (χ0v) is 14.0. The molecule has 0 spiro atoms. The molecule has 2 atom stereocenters. The minimum absolute atomic E-state index is 0.160. The van der Waals surface area contributed by atoms with Crippen molar-refractivity contribution >= 4 is 10.8 Å². The van der Waals surface area contributed by atoms with E-state index in [9.17, 15) is 9.32 Å². The molecule has 0 saturated carbocycles. The number of rotatable bonds is 2. The van der Waals surface area contributed by atoms with Crippen molar-refractivity contribution in [2.45, 2.75) is 48.2 Å². The molecule has 2 saturated heterocycles. The van der Waals surface area contributed by atoms with Gasteiger partial charge in [0.2, 0.25) is 0 Å². The normalized spacial score (nSPS) is 33.3. The quantitative estimate of drug-likeness (QED) is 0.905. The number of aliphatic hydroxyl groups is 1. The molecule has 2 heterocycles. The Morgan fingerprint density at radius 3 is 2.26 bits per heavy atom. The molecule has 0 radical (unpaired) electrons. The summed E-state index contributed by atoms with van der Waals surface area (Å²) in [6.07, 6.45) is 4.40. The Bertz CT molecular complexity index is 709. The van der Waals surface area contributed by atoms with Crippen molar-refractivity contribution in [3.8, 4) is 11.1 Å². The van der Waals surface area contributed by atoms with Gasteiger partial charge >= 0.3 is 0 Å². The first kappa shape index (κ1) is 15.1. The van der Waals surface area contributed by atoms with Crippen LogP contribution in [0, 0.1) is 0 Å². The Morgan fingerprint density at radius 1 is 0.913 bits per heavy atom. The molecule has 3 heteroatoms. The predicted molar refractivity (Wildman–Crippen MR) is 94.6 cm³/mol. The molecule has 2 aliphatic heterocycles. The summed E-state index contributed by atoms with van der Waals surface area (Å²) < 4.78 is 12.4. The molecule has 23 heavy (non-hydrogen) atoms. The van der Waals surface area contributed by atoms with Crippen LogP contribution >= 0.6 is 0 Å². The van der Waals surface area contributed by atoms with Gasteiger partial charge in [-0.3, -0.25) is 4.21 Å². The van der Waals surface area contributed by atoms with Gasteiger partial charge in [-0.05, 0) is 48.4 Å². The molecule has 2 aliphatic rings. The van der Waals surface area contributed by atoms with Crippen molar-refractivity contribution in [3.05, 3.63) is 60.2 Å². The second-order valence-corrected chi connectivity index (χ2v) is 8.88. The van der Waals surface area contributed by atoms with E-state index in [-0.39, 0.29) is 10.5 Å². The summed E-state index contributed by atoms with van der Waals surface area (Å²) in [7, 11) is -0.758. The minimum Gasteiger partial charge on any atom is -0.385 e. The van der Waals surface area contributed by atoms with Gasteiger partial charge in [0.1, 0.15) is 0 Å². The predicted octanol–water partition coefficient (Wildman–Crippen LogP) is 4.00. The highest BCUT2D eigenvalue weighted by molar-refractivity contribution is 7.86. The highest BCUT2D eigenvalue weighted by Crippen LogP contribution is 2.44. The molecule has 2 aromatic carbocycles. The standard InChI is InChI=1S/C20H22O2S/c21-20(13-18-10-5-11-19(14-20)23(18)22)17-9-4-8-16(12-17)15-6-2-1-3-7-15/h1-4,6-9,12,18-19,21H,5,10-11,13-14H2. The maximum Gasteiger partial charge on any atom is 0.0919 e. The molecule has 2 nitrogen and oxygen atoms in total. The molecular formula is C20H22O2S. The van der Waals surface area contributed by atoms with Gasteiger partial charge < -0.3 is 5.11 Å². The van der Waals surface area contributed by atoms with Crippen molar-refractivity contribution in [2.24, 2.45) is 0 Å². The fourth-order valence-electron chi connectivity index (χ4n) is 4.14.